The maximum atomic E-state index is 13.1. The molecular formula is C22H18BrNO4. The van der Waals surface area contributed by atoms with Crippen LogP contribution in [0.1, 0.15) is 15.9 Å². The second-order valence-electron chi connectivity index (χ2n) is 6.45. The number of hydrogen-bond acceptors (Lipinski definition) is 4. The Morgan fingerprint density at radius 2 is 1.86 bits per heavy atom. The zero-order chi connectivity index (χ0) is 19.5. The van der Waals surface area contributed by atoms with Gasteiger partial charge in [0.1, 0.15) is 29.6 Å². The molecule has 1 heterocycles. The van der Waals surface area contributed by atoms with Crippen LogP contribution >= 0.6 is 15.9 Å². The monoisotopic (exact) mass is 439 g/mol. The number of carbonyl (C=O) groups excluding carboxylic acids is 1. The Kier molecular flexibility index (Phi) is 5.21. The van der Waals surface area contributed by atoms with E-state index >= 15 is 0 Å². The summed E-state index contributed by atoms with van der Waals surface area (Å²) in [5.74, 6) is 2.05. The first-order chi connectivity index (χ1) is 13.6. The molecular weight excluding hydrogens is 422 g/mol. The molecule has 6 heteroatoms. The zero-order valence-electron chi connectivity index (χ0n) is 15.0. The number of ether oxygens (including phenoxy) is 2. The third kappa shape index (κ3) is 4.12. The molecule has 4 rings (SSSR count). The van der Waals surface area contributed by atoms with Crippen LogP contribution in [-0.2, 0) is 6.54 Å². The van der Waals surface area contributed by atoms with Gasteiger partial charge in [0.25, 0.3) is 5.91 Å². The Balaban J connectivity index is 1.53. The number of aromatic hydroxyl groups is 1. The van der Waals surface area contributed by atoms with E-state index in [1.54, 1.807) is 53.4 Å². The van der Waals surface area contributed by atoms with E-state index in [9.17, 15) is 9.90 Å². The van der Waals surface area contributed by atoms with Gasteiger partial charge in [-0.05, 0) is 60.7 Å². The van der Waals surface area contributed by atoms with Gasteiger partial charge < -0.3 is 19.5 Å². The van der Waals surface area contributed by atoms with Gasteiger partial charge in [-0.25, -0.2) is 0 Å². The first-order valence-electron chi connectivity index (χ1n) is 8.86. The van der Waals surface area contributed by atoms with E-state index in [-0.39, 0.29) is 11.7 Å². The molecule has 0 atom stereocenters. The number of hydrogen-bond donors (Lipinski definition) is 1. The summed E-state index contributed by atoms with van der Waals surface area (Å²) in [4.78, 5) is 14.8. The van der Waals surface area contributed by atoms with E-state index < -0.39 is 0 Å². The molecule has 1 aliphatic rings. The lowest BCUT2D eigenvalue weighted by atomic mass is 10.1. The molecule has 0 bridgehead atoms. The summed E-state index contributed by atoms with van der Waals surface area (Å²) >= 11 is 3.47. The Labute approximate surface area is 171 Å². The first kappa shape index (κ1) is 18.4. The van der Waals surface area contributed by atoms with Crippen molar-refractivity contribution in [2.45, 2.75) is 6.54 Å². The van der Waals surface area contributed by atoms with Crippen molar-refractivity contribution in [2.75, 3.05) is 13.2 Å². The molecule has 1 amide bonds. The van der Waals surface area contributed by atoms with Crippen LogP contribution in [0.5, 0.6) is 23.0 Å². The summed E-state index contributed by atoms with van der Waals surface area (Å²) in [5.41, 5.74) is 1.52. The number of amides is 1. The zero-order valence-corrected chi connectivity index (χ0v) is 16.6. The van der Waals surface area contributed by atoms with Gasteiger partial charge in [0.05, 0.1) is 6.54 Å². The second-order valence-corrected chi connectivity index (χ2v) is 7.37. The Bertz CT molecular complexity index is 1000. The van der Waals surface area contributed by atoms with Crippen molar-refractivity contribution in [3.05, 3.63) is 82.3 Å². The lowest BCUT2D eigenvalue weighted by molar-refractivity contribution is 0.0733. The number of benzene rings is 3. The average molecular weight is 440 g/mol. The summed E-state index contributed by atoms with van der Waals surface area (Å²) in [6, 6.07) is 19.4. The second kappa shape index (κ2) is 7.94. The SMILES string of the molecule is O=C(c1cccc(Oc2ccc(O)cc2)c1)N1CCOc2ccc(Br)cc2C1. The third-order valence-electron chi connectivity index (χ3n) is 4.44. The minimum Gasteiger partial charge on any atom is -0.508 e. The summed E-state index contributed by atoms with van der Waals surface area (Å²) in [5, 5.41) is 9.37. The van der Waals surface area contributed by atoms with Crippen LogP contribution in [0, 0.1) is 0 Å². The molecule has 1 N–H and O–H groups in total. The van der Waals surface area contributed by atoms with Crippen LogP contribution in [0.3, 0.4) is 0 Å². The lowest BCUT2D eigenvalue weighted by Gasteiger charge is -2.20. The minimum absolute atomic E-state index is 0.0763. The number of phenolic OH excluding ortho intramolecular Hbond substituents is 1. The van der Waals surface area contributed by atoms with E-state index in [0.717, 1.165) is 15.8 Å². The third-order valence-corrected chi connectivity index (χ3v) is 4.94. The number of halogens is 1. The maximum absolute atomic E-state index is 13.1. The number of nitrogens with zero attached hydrogens (tertiary/aromatic N) is 1. The summed E-state index contributed by atoms with van der Waals surface area (Å²) in [6.45, 7) is 1.44. The molecule has 0 aliphatic carbocycles. The van der Waals surface area contributed by atoms with Gasteiger partial charge in [0, 0.05) is 22.1 Å². The first-order valence-corrected chi connectivity index (χ1v) is 9.65. The average Bonchev–Trinajstić information content (AvgIpc) is 2.91. The Hall–Kier alpha value is -2.99. The fourth-order valence-corrected chi connectivity index (χ4v) is 3.47. The Morgan fingerprint density at radius 3 is 2.68 bits per heavy atom. The molecule has 142 valence electrons. The van der Waals surface area contributed by atoms with Crippen molar-refractivity contribution >= 4 is 21.8 Å². The van der Waals surface area contributed by atoms with Gasteiger partial charge >= 0.3 is 0 Å². The normalized spacial score (nSPS) is 13.2. The molecule has 3 aromatic carbocycles. The summed E-state index contributed by atoms with van der Waals surface area (Å²) in [6.07, 6.45) is 0. The summed E-state index contributed by atoms with van der Waals surface area (Å²) < 4.78 is 12.5. The molecule has 0 aromatic heterocycles. The molecule has 0 unspecified atom stereocenters. The van der Waals surface area contributed by atoms with Crippen molar-refractivity contribution in [2.24, 2.45) is 0 Å². The van der Waals surface area contributed by atoms with Crippen molar-refractivity contribution < 1.29 is 19.4 Å². The molecule has 5 nitrogen and oxygen atoms in total. The maximum Gasteiger partial charge on any atom is 0.254 e. The fraction of sp³-hybridized carbons (Fsp3) is 0.136. The van der Waals surface area contributed by atoms with E-state index in [2.05, 4.69) is 15.9 Å². The van der Waals surface area contributed by atoms with Crippen molar-refractivity contribution in [1.29, 1.82) is 0 Å². The van der Waals surface area contributed by atoms with Crippen molar-refractivity contribution in [1.82, 2.24) is 4.90 Å². The number of rotatable bonds is 3. The molecule has 28 heavy (non-hydrogen) atoms. The largest absolute Gasteiger partial charge is 0.508 e. The van der Waals surface area contributed by atoms with Crippen LogP contribution in [-0.4, -0.2) is 29.1 Å². The van der Waals surface area contributed by atoms with Gasteiger partial charge in [0.15, 0.2) is 0 Å². The van der Waals surface area contributed by atoms with Crippen LogP contribution < -0.4 is 9.47 Å². The molecule has 0 fully saturated rings. The predicted molar refractivity (Wildman–Crippen MR) is 109 cm³/mol. The Morgan fingerprint density at radius 1 is 1.04 bits per heavy atom. The van der Waals surface area contributed by atoms with Gasteiger partial charge in [-0.1, -0.05) is 22.0 Å². The van der Waals surface area contributed by atoms with E-state index in [4.69, 9.17) is 9.47 Å². The molecule has 0 radical (unpaired) electrons. The van der Waals surface area contributed by atoms with Crippen molar-refractivity contribution in [3.8, 4) is 23.0 Å². The molecule has 3 aromatic rings. The van der Waals surface area contributed by atoms with Crippen LogP contribution in [0.25, 0.3) is 0 Å². The minimum atomic E-state index is -0.0763. The van der Waals surface area contributed by atoms with Gasteiger partial charge in [0.2, 0.25) is 0 Å². The highest BCUT2D eigenvalue weighted by molar-refractivity contribution is 9.10. The molecule has 0 spiro atoms. The van der Waals surface area contributed by atoms with Crippen LogP contribution in [0.2, 0.25) is 0 Å². The lowest BCUT2D eigenvalue weighted by Crippen LogP contribution is -2.32. The van der Waals surface area contributed by atoms with E-state index in [0.29, 0.717) is 36.8 Å². The van der Waals surface area contributed by atoms with E-state index in [1.807, 2.05) is 18.2 Å². The van der Waals surface area contributed by atoms with Crippen molar-refractivity contribution in [3.63, 3.8) is 0 Å². The van der Waals surface area contributed by atoms with Gasteiger partial charge in [-0.2, -0.15) is 0 Å². The molecule has 0 saturated heterocycles. The topological polar surface area (TPSA) is 59.0 Å². The van der Waals surface area contributed by atoms with E-state index in [1.165, 1.54) is 0 Å². The highest BCUT2D eigenvalue weighted by atomic mass is 79.9. The number of carbonyl (C=O) groups is 1. The molecule has 1 aliphatic heterocycles. The van der Waals surface area contributed by atoms with Gasteiger partial charge in [-0.15, -0.1) is 0 Å². The summed E-state index contributed by atoms with van der Waals surface area (Å²) in [7, 11) is 0. The standard InChI is InChI=1S/C22H18BrNO4/c23-17-4-9-21-16(12-17)14-24(10-11-27-21)22(26)15-2-1-3-20(13-15)28-19-7-5-18(25)6-8-19/h1-9,12-13,25H,10-11,14H2. The van der Waals surface area contributed by atoms with Crippen LogP contribution in [0.15, 0.2) is 71.2 Å². The highest BCUT2D eigenvalue weighted by Crippen LogP contribution is 2.28. The number of phenols is 1. The van der Waals surface area contributed by atoms with Gasteiger partial charge in [-0.3, -0.25) is 4.79 Å². The quantitative estimate of drug-likeness (QED) is 0.624. The fourth-order valence-electron chi connectivity index (χ4n) is 3.06. The smallest absolute Gasteiger partial charge is 0.254 e. The molecule has 0 saturated carbocycles. The predicted octanol–water partition coefficient (Wildman–Crippen LogP) is 4.98. The number of fused-ring (bicyclic) bond motifs is 1. The highest BCUT2D eigenvalue weighted by Gasteiger charge is 2.21. The van der Waals surface area contributed by atoms with Crippen LogP contribution in [0.4, 0.5) is 0 Å².